The third kappa shape index (κ3) is 4.32. The predicted molar refractivity (Wildman–Crippen MR) is 84.5 cm³/mol. The Kier molecular flexibility index (Phi) is 5.38. The van der Waals surface area contributed by atoms with Crippen molar-refractivity contribution in [3.05, 3.63) is 18.0 Å². The van der Waals surface area contributed by atoms with E-state index in [-0.39, 0.29) is 0 Å². The smallest absolute Gasteiger partial charge is 0.411 e. The fraction of sp³-hybridized carbons (Fsp3) is 0.688. The van der Waals surface area contributed by atoms with Gasteiger partial charge in [0.1, 0.15) is 17.4 Å². The number of carbonyl (C=O) groups excluding carboxylic acids is 2. The Balaban J connectivity index is 3.02. The van der Waals surface area contributed by atoms with Crippen LogP contribution in [-0.4, -0.2) is 39.7 Å². The van der Waals surface area contributed by atoms with Crippen molar-refractivity contribution in [3.63, 3.8) is 0 Å². The van der Waals surface area contributed by atoms with E-state index in [0.29, 0.717) is 11.5 Å². The fourth-order valence-electron chi connectivity index (χ4n) is 1.96. The Morgan fingerprint density at radius 2 is 2.00 bits per heavy atom. The molecular weight excluding hydrogens is 282 g/mol. The Morgan fingerprint density at radius 3 is 2.45 bits per heavy atom. The van der Waals surface area contributed by atoms with Crippen molar-refractivity contribution in [2.45, 2.75) is 59.2 Å². The van der Waals surface area contributed by atoms with Gasteiger partial charge in [-0.2, -0.15) is 5.10 Å². The summed E-state index contributed by atoms with van der Waals surface area (Å²) in [5.74, 6) is 0.443. The second-order valence-electron chi connectivity index (χ2n) is 7.15. The summed E-state index contributed by atoms with van der Waals surface area (Å²) in [6, 6.07) is 0. The molecule has 0 aliphatic carbocycles. The molecule has 0 aromatic carbocycles. The molecule has 6 heteroatoms. The molecule has 6 nitrogen and oxygen atoms in total. The number of aromatic nitrogens is 2. The Labute approximate surface area is 132 Å². The van der Waals surface area contributed by atoms with Crippen molar-refractivity contribution in [1.82, 2.24) is 14.7 Å². The maximum atomic E-state index is 12.2. The number of amides is 1. The molecule has 1 atom stereocenters. The lowest BCUT2D eigenvalue weighted by Gasteiger charge is -2.34. The second-order valence-corrected chi connectivity index (χ2v) is 7.15. The molecule has 1 unspecified atom stereocenters. The van der Waals surface area contributed by atoms with E-state index in [2.05, 4.69) is 18.9 Å². The molecule has 0 saturated heterocycles. The topological polar surface area (TPSA) is 64.4 Å². The minimum absolute atomic E-state index is 0.443. The quantitative estimate of drug-likeness (QED) is 0.785. The molecule has 0 N–H and O–H groups in total. The van der Waals surface area contributed by atoms with Gasteiger partial charge in [-0.3, -0.25) is 9.58 Å². The first-order chi connectivity index (χ1) is 9.99. The molecule has 1 heterocycles. The van der Waals surface area contributed by atoms with E-state index in [0.717, 1.165) is 12.8 Å². The second kappa shape index (κ2) is 6.50. The van der Waals surface area contributed by atoms with E-state index in [9.17, 15) is 9.59 Å². The average Bonchev–Trinajstić information content (AvgIpc) is 2.82. The van der Waals surface area contributed by atoms with Crippen LogP contribution in [-0.2, 0) is 21.6 Å². The number of likely N-dealkylation sites (N-methyl/N-ethyl adjacent to an activating group) is 1. The zero-order valence-corrected chi connectivity index (χ0v) is 14.6. The number of ether oxygens (including phenoxy) is 1. The van der Waals surface area contributed by atoms with Gasteiger partial charge in [0, 0.05) is 25.4 Å². The molecule has 22 heavy (non-hydrogen) atoms. The van der Waals surface area contributed by atoms with Crippen LogP contribution in [0.5, 0.6) is 0 Å². The maximum Gasteiger partial charge on any atom is 0.411 e. The molecule has 0 fully saturated rings. The van der Waals surface area contributed by atoms with E-state index >= 15 is 0 Å². The van der Waals surface area contributed by atoms with Gasteiger partial charge in [0.05, 0.1) is 6.20 Å². The zero-order valence-electron chi connectivity index (χ0n) is 14.6. The van der Waals surface area contributed by atoms with Crippen molar-refractivity contribution < 1.29 is 14.3 Å². The summed E-state index contributed by atoms with van der Waals surface area (Å²) >= 11 is 0. The van der Waals surface area contributed by atoms with Crippen LogP contribution < -0.4 is 0 Å². The van der Waals surface area contributed by atoms with Crippen LogP contribution >= 0.6 is 0 Å². The maximum absolute atomic E-state index is 12.2. The molecule has 124 valence electrons. The highest BCUT2D eigenvalue weighted by Gasteiger charge is 2.37. The average molecular weight is 309 g/mol. The van der Waals surface area contributed by atoms with E-state index in [1.54, 1.807) is 51.8 Å². The van der Waals surface area contributed by atoms with Crippen LogP contribution in [0, 0.1) is 5.92 Å². The molecule has 1 aromatic heterocycles. The molecule has 0 spiro atoms. The van der Waals surface area contributed by atoms with Gasteiger partial charge in [0.15, 0.2) is 0 Å². The van der Waals surface area contributed by atoms with Crippen molar-refractivity contribution in [2.75, 3.05) is 7.05 Å². The first-order valence-electron chi connectivity index (χ1n) is 7.45. The zero-order chi connectivity index (χ0) is 17.1. The lowest BCUT2D eigenvalue weighted by Crippen LogP contribution is -2.48. The summed E-state index contributed by atoms with van der Waals surface area (Å²) in [6.07, 6.45) is 3.62. The van der Waals surface area contributed by atoms with Crippen LogP contribution in [0.4, 0.5) is 4.79 Å². The highest BCUT2D eigenvalue weighted by molar-refractivity contribution is 5.77. The third-order valence-corrected chi connectivity index (χ3v) is 3.36. The Bertz CT molecular complexity index is 531. The van der Waals surface area contributed by atoms with E-state index in [1.165, 1.54) is 4.90 Å². The molecule has 1 rings (SSSR count). The SMILES string of the molecule is CC(C)Cn1cc(C(C)(C=O)N(C)C(=O)OC(C)(C)C)cn1. The van der Waals surface area contributed by atoms with Crippen molar-refractivity contribution in [1.29, 1.82) is 0 Å². The van der Waals surface area contributed by atoms with Crippen LogP contribution in [0.2, 0.25) is 0 Å². The lowest BCUT2D eigenvalue weighted by molar-refractivity contribution is -0.117. The van der Waals surface area contributed by atoms with Crippen molar-refractivity contribution in [2.24, 2.45) is 5.92 Å². The lowest BCUT2D eigenvalue weighted by atomic mass is 9.95. The number of rotatable bonds is 5. The monoisotopic (exact) mass is 309 g/mol. The van der Waals surface area contributed by atoms with E-state index < -0.39 is 17.2 Å². The summed E-state index contributed by atoms with van der Waals surface area (Å²) in [4.78, 5) is 25.2. The number of aldehydes is 1. The summed E-state index contributed by atoms with van der Waals surface area (Å²) in [5.41, 5.74) is -1.06. The van der Waals surface area contributed by atoms with Crippen LogP contribution in [0.3, 0.4) is 0 Å². The van der Waals surface area contributed by atoms with Crippen LogP contribution in [0.1, 0.15) is 47.1 Å². The number of carbonyl (C=O) groups is 2. The van der Waals surface area contributed by atoms with Gasteiger partial charge in [0.25, 0.3) is 0 Å². The molecule has 0 aliphatic heterocycles. The summed E-state index contributed by atoms with van der Waals surface area (Å²) in [6.45, 7) is 12.0. The number of nitrogens with zero attached hydrogens (tertiary/aromatic N) is 3. The summed E-state index contributed by atoms with van der Waals surface area (Å²) in [7, 11) is 1.56. The Morgan fingerprint density at radius 1 is 1.41 bits per heavy atom. The Hall–Kier alpha value is -1.85. The van der Waals surface area contributed by atoms with Gasteiger partial charge in [-0.15, -0.1) is 0 Å². The third-order valence-electron chi connectivity index (χ3n) is 3.36. The van der Waals surface area contributed by atoms with Crippen molar-refractivity contribution >= 4 is 12.4 Å². The first-order valence-corrected chi connectivity index (χ1v) is 7.45. The van der Waals surface area contributed by atoms with Gasteiger partial charge < -0.3 is 9.53 Å². The molecule has 0 bridgehead atoms. The van der Waals surface area contributed by atoms with Gasteiger partial charge in [-0.1, -0.05) is 13.8 Å². The number of hydrogen-bond acceptors (Lipinski definition) is 4. The molecule has 0 aliphatic rings. The predicted octanol–water partition coefficient (Wildman–Crippen LogP) is 2.82. The normalized spacial score (nSPS) is 14.5. The highest BCUT2D eigenvalue weighted by atomic mass is 16.6. The van der Waals surface area contributed by atoms with Gasteiger partial charge in [0.2, 0.25) is 0 Å². The first kappa shape index (κ1) is 18.2. The molecule has 0 saturated carbocycles. The van der Waals surface area contributed by atoms with Crippen molar-refractivity contribution in [3.8, 4) is 0 Å². The van der Waals surface area contributed by atoms with Gasteiger partial charge >= 0.3 is 6.09 Å². The standard InChI is InChI=1S/C16H27N3O3/c1-12(2)9-19-10-13(8-17-19)16(6,11-20)18(7)14(21)22-15(3,4)5/h8,10-12H,9H2,1-7H3. The van der Waals surface area contributed by atoms with Gasteiger partial charge in [-0.05, 0) is 33.6 Å². The summed E-state index contributed by atoms with van der Waals surface area (Å²) < 4.78 is 7.12. The summed E-state index contributed by atoms with van der Waals surface area (Å²) in [5, 5.41) is 4.27. The minimum Gasteiger partial charge on any atom is -0.444 e. The van der Waals surface area contributed by atoms with Crippen LogP contribution in [0.25, 0.3) is 0 Å². The molecule has 0 radical (unpaired) electrons. The molecule has 1 aromatic rings. The fourth-order valence-corrected chi connectivity index (χ4v) is 1.96. The number of hydrogen-bond donors (Lipinski definition) is 0. The molecular formula is C16H27N3O3. The van der Waals surface area contributed by atoms with Crippen LogP contribution in [0.15, 0.2) is 12.4 Å². The van der Waals surface area contributed by atoms with E-state index in [1.807, 2.05) is 0 Å². The minimum atomic E-state index is -1.11. The largest absolute Gasteiger partial charge is 0.444 e. The molecule has 1 amide bonds. The highest BCUT2D eigenvalue weighted by Crippen LogP contribution is 2.26. The van der Waals surface area contributed by atoms with Gasteiger partial charge in [-0.25, -0.2) is 4.79 Å². The van der Waals surface area contributed by atoms with E-state index in [4.69, 9.17) is 4.74 Å².